The molecular weight excluding hydrogens is 175 g/mol. The Bertz CT molecular complexity index is 167. The third-order valence-corrected chi connectivity index (χ3v) is 0.739. The van der Waals surface area contributed by atoms with Gasteiger partial charge in [0.25, 0.3) is 0 Å². The average molecular weight is 185 g/mol. The summed E-state index contributed by atoms with van der Waals surface area (Å²) in [6, 6.07) is 0. The molecule has 0 fully saturated rings. The van der Waals surface area contributed by atoms with E-state index < -0.39 is 23.4 Å². The van der Waals surface area contributed by atoms with Crippen molar-refractivity contribution in [1.82, 2.24) is 5.12 Å². The molecule has 0 rings (SSSR count). The highest BCUT2D eigenvalue weighted by Gasteiger charge is 2.28. The minimum Gasteiger partial charge on any atom is -0.442 e. The van der Waals surface area contributed by atoms with Crippen LogP contribution in [0.3, 0.4) is 0 Å². The molecule has 6 heteroatoms. The molecule has 1 amide bonds. The molecule has 0 aromatic carbocycles. The third-order valence-electron chi connectivity index (χ3n) is 0.739. The highest BCUT2D eigenvalue weighted by molar-refractivity contribution is 5.66. The Labute approximate surface area is 68.0 Å². The lowest BCUT2D eigenvalue weighted by molar-refractivity contribution is -0.135. The van der Waals surface area contributed by atoms with E-state index in [1.165, 1.54) is 20.8 Å². The molecule has 72 valence electrons. The zero-order chi connectivity index (χ0) is 9.94. The monoisotopic (exact) mass is 185 g/mol. The number of hydrogen-bond acceptors (Lipinski definition) is 2. The number of ether oxygens (including phenoxy) is 1. The summed E-state index contributed by atoms with van der Waals surface area (Å²) in [4.78, 5) is 10.4. The maximum Gasteiger partial charge on any atom is 0.443 e. The zero-order valence-electron chi connectivity index (χ0n) is 6.97. The van der Waals surface area contributed by atoms with Gasteiger partial charge in [-0.3, -0.25) is 0 Å². The Hall–Kier alpha value is -0.940. The number of halogens is 3. The lowest BCUT2D eigenvalue weighted by atomic mass is 10.2. The van der Waals surface area contributed by atoms with E-state index in [0.717, 1.165) is 0 Å². The highest BCUT2D eigenvalue weighted by Crippen LogP contribution is 2.13. The standard InChI is InChI=1S/C6H10F3NO2/c1-6(2,3)12-5(11)10(9)4(7)8/h4H,1-3H3. The molecule has 0 saturated carbocycles. The van der Waals surface area contributed by atoms with Gasteiger partial charge >= 0.3 is 12.6 Å². The van der Waals surface area contributed by atoms with Gasteiger partial charge in [0, 0.05) is 0 Å². The molecule has 12 heavy (non-hydrogen) atoms. The summed E-state index contributed by atoms with van der Waals surface area (Å²) >= 11 is 0. The molecular formula is C6H10F3NO2. The first-order valence-electron chi connectivity index (χ1n) is 3.20. The first-order valence-corrected chi connectivity index (χ1v) is 3.20. The molecule has 0 saturated heterocycles. The minimum atomic E-state index is -3.49. The lowest BCUT2D eigenvalue weighted by Gasteiger charge is -2.21. The van der Waals surface area contributed by atoms with Crippen molar-refractivity contribution >= 4 is 6.09 Å². The van der Waals surface area contributed by atoms with Gasteiger partial charge in [-0.2, -0.15) is 8.78 Å². The van der Waals surface area contributed by atoms with Crippen LogP contribution in [-0.2, 0) is 4.74 Å². The van der Waals surface area contributed by atoms with Crippen LogP contribution in [0.15, 0.2) is 0 Å². The maximum atomic E-state index is 12.1. The molecule has 0 heterocycles. The fraction of sp³-hybridized carbons (Fsp3) is 0.833. The first kappa shape index (κ1) is 11.1. The van der Waals surface area contributed by atoms with Crippen LogP contribution in [0.4, 0.5) is 18.1 Å². The van der Waals surface area contributed by atoms with Crippen molar-refractivity contribution in [2.24, 2.45) is 0 Å². The SMILES string of the molecule is CC(C)(C)OC(=O)N(F)C(F)F. The van der Waals surface area contributed by atoms with Gasteiger partial charge in [-0.05, 0) is 20.8 Å². The Kier molecular flexibility index (Phi) is 3.36. The number of amides is 1. The van der Waals surface area contributed by atoms with E-state index in [0.29, 0.717) is 0 Å². The molecule has 0 aliphatic heterocycles. The Morgan fingerprint density at radius 2 is 1.83 bits per heavy atom. The zero-order valence-corrected chi connectivity index (χ0v) is 6.97. The summed E-state index contributed by atoms with van der Waals surface area (Å²) < 4.78 is 39.4. The van der Waals surface area contributed by atoms with Crippen LogP contribution in [0.5, 0.6) is 0 Å². The normalized spacial score (nSPS) is 11.6. The van der Waals surface area contributed by atoms with Crippen molar-refractivity contribution < 1.29 is 22.8 Å². The highest BCUT2D eigenvalue weighted by atomic mass is 19.3. The van der Waals surface area contributed by atoms with Crippen molar-refractivity contribution in [3.63, 3.8) is 0 Å². The van der Waals surface area contributed by atoms with Crippen molar-refractivity contribution in [2.45, 2.75) is 32.9 Å². The molecule has 0 unspecified atom stereocenters. The molecule has 0 aromatic rings. The molecule has 0 aliphatic carbocycles. The quantitative estimate of drug-likeness (QED) is 0.463. The number of rotatable bonds is 1. The predicted octanol–water partition coefficient (Wildman–Crippen LogP) is 2.33. The van der Waals surface area contributed by atoms with Gasteiger partial charge in [-0.25, -0.2) is 4.79 Å². The van der Waals surface area contributed by atoms with Crippen LogP contribution in [0.25, 0.3) is 0 Å². The van der Waals surface area contributed by atoms with Crippen LogP contribution in [0, 0.1) is 0 Å². The molecule has 0 aromatic heterocycles. The minimum absolute atomic E-state index is 0.976. The Balaban J connectivity index is 4.05. The van der Waals surface area contributed by atoms with E-state index in [1.807, 2.05) is 0 Å². The second-order valence-electron chi connectivity index (χ2n) is 3.07. The second kappa shape index (κ2) is 3.64. The van der Waals surface area contributed by atoms with Gasteiger partial charge in [0.2, 0.25) is 0 Å². The molecule has 3 nitrogen and oxygen atoms in total. The molecule has 0 spiro atoms. The van der Waals surface area contributed by atoms with Crippen molar-refractivity contribution in [3.05, 3.63) is 0 Å². The smallest absolute Gasteiger partial charge is 0.442 e. The van der Waals surface area contributed by atoms with Crippen molar-refractivity contribution in [3.8, 4) is 0 Å². The summed E-state index contributed by atoms with van der Waals surface area (Å²) in [5, 5.41) is -1.26. The number of hydrogen-bond donors (Lipinski definition) is 0. The van der Waals surface area contributed by atoms with Crippen LogP contribution in [0.2, 0.25) is 0 Å². The molecule has 0 aliphatic rings. The van der Waals surface area contributed by atoms with Crippen LogP contribution < -0.4 is 0 Å². The first-order chi connectivity index (χ1) is 5.24. The maximum absolute atomic E-state index is 12.1. The fourth-order valence-electron chi connectivity index (χ4n) is 0.385. The van der Waals surface area contributed by atoms with Gasteiger partial charge in [-0.1, -0.05) is 9.60 Å². The Morgan fingerprint density at radius 1 is 1.42 bits per heavy atom. The van der Waals surface area contributed by atoms with Crippen LogP contribution in [0.1, 0.15) is 20.8 Å². The van der Waals surface area contributed by atoms with E-state index in [4.69, 9.17) is 0 Å². The van der Waals surface area contributed by atoms with E-state index in [2.05, 4.69) is 4.74 Å². The summed E-state index contributed by atoms with van der Waals surface area (Å²) in [5.41, 5.74) is -0.976. The topological polar surface area (TPSA) is 29.5 Å². The third kappa shape index (κ3) is 4.05. The van der Waals surface area contributed by atoms with Gasteiger partial charge in [0.1, 0.15) is 5.60 Å². The Morgan fingerprint density at radius 3 is 2.08 bits per heavy atom. The fourth-order valence-corrected chi connectivity index (χ4v) is 0.385. The van der Waals surface area contributed by atoms with E-state index in [1.54, 1.807) is 0 Å². The predicted molar refractivity (Wildman–Crippen MR) is 35.2 cm³/mol. The van der Waals surface area contributed by atoms with Gasteiger partial charge < -0.3 is 4.74 Å². The lowest BCUT2D eigenvalue weighted by Crippen LogP contribution is -2.34. The second-order valence-corrected chi connectivity index (χ2v) is 3.07. The molecule has 0 atom stereocenters. The molecule has 0 radical (unpaired) electrons. The van der Waals surface area contributed by atoms with Crippen molar-refractivity contribution in [1.29, 1.82) is 0 Å². The van der Waals surface area contributed by atoms with Crippen LogP contribution >= 0.6 is 0 Å². The summed E-state index contributed by atoms with van der Waals surface area (Å²) in [6.45, 7) is 0.860. The summed E-state index contributed by atoms with van der Waals surface area (Å²) in [6.07, 6.45) is -1.68. The van der Waals surface area contributed by atoms with E-state index >= 15 is 0 Å². The number of carbonyl (C=O) groups is 1. The van der Waals surface area contributed by atoms with E-state index in [9.17, 15) is 18.1 Å². The summed E-state index contributed by atoms with van der Waals surface area (Å²) in [7, 11) is 0. The van der Waals surface area contributed by atoms with E-state index in [-0.39, 0.29) is 0 Å². The average Bonchev–Trinajstić information content (AvgIpc) is 1.82. The number of nitrogens with zero attached hydrogens (tertiary/aromatic N) is 1. The largest absolute Gasteiger partial charge is 0.443 e. The summed E-state index contributed by atoms with van der Waals surface area (Å²) in [5.74, 6) is 0. The molecule has 0 bridgehead atoms. The van der Waals surface area contributed by atoms with Gasteiger partial charge in [0.15, 0.2) is 0 Å². The molecule has 0 N–H and O–H groups in total. The number of carbonyl (C=O) groups excluding carboxylic acids is 1. The van der Waals surface area contributed by atoms with Crippen LogP contribution in [-0.4, -0.2) is 23.4 Å². The number of alkyl halides is 2. The van der Waals surface area contributed by atoms with Gasteiger partial charge in [-0.15, -0.1) is 0 Å². The van der Waals surface area contributed by atoms with Crippen molar-refractivity contribution in [2.75, 3.05) is 0 Å². The van der Waals surface area contributed by atoms with Gasteiger partial charge in [0.05, 0.1) is 0 Å².